The molecule has 0 fully saturated rings. The average Bonchev–Trinajstić information content (AvgIpc) is 2.40. The summed E-state index contributed by atoms with van der Waals surface area (Å²) in [5.74, 6) is -0.0465. The van der Waals surface area contributed by atoms with Gasteiger partial charge in [-0.15, -0.1) is 0 Å². The van der Waals surface area contributed by atoms with Crippen LogP contribution in [0, 0.1) is 6.92 Å². The maximum absolute atomic E-state index is 12.7. The van der Waals surface area contributed by atoms with Crippen molar-refractivity contribution in [3.05, 3.63) is 58.1 Å². The van der Waals surface area contributed by atoms with Crippen molar-refractivity contribution in [2.45, 2.75) is 13.8 Å². The maximum atomic E-state index is 12.7. The first-order chi connectivity index (χ1) is 9.52. The number of halogens is 1. The zero-order valence-electron chi connectivity index (χ0n) is 11.6. The summed E-state index contributed by atoms with van der Waals surface area (Å²) in [6.07, 6.45) is 0. The van der Waals surface area contributed by atoms with E-state index >= 15 is 0 Å². The molecule has 3 nitrogen and oxygen atoms in total. The van der Waals surface area contributed by atoms with Gasteiger partial charge in [0, 0.05) is 16.6 Å². The van der Waals surface area contributed by atoms with Crippen LogP contribution in [0.5, 0.6) is 0 Å². The van der Waals surface area contributed by atoms with Gasteiger partial charge >= 0.3 is 0 Å². The zero-order chi connectivity index (χ0) is 14.7. The molecule has 20 heavy (non-hydrogen) atoms. The van der Waals surface area contributed by atoms with Crippen LogP contribution in [0.15, 0.2) is 46.9 Å². The number of carbonyl (C=O) groups excluding carboxylic acids is 1. The number of amides is 1. The lowest BCUT2D eigenvalue weighted by molar-refractivity contribution is 0.0988. The first-order valence-corrected chi connectivity index (χ1v) is 7.25. The van der Waals surface area contributed by atoms with Crippen molar-refractivity contribution >= 4 is 33.2 Å². The van der Waals surface area contributed by atoms with Crippen molar-refractivity contribution in [3.8, 4) is 0 Å². The molecule has 0 spiro atoms. The Morgan fingerprint density at radius 3 is 2.55 bits per heavy atom. The van der Waals surface area contributed by atoms with Gasteiger partial charge in [0.15, 0.2) is 0 Å². The Morgan fingerprint density at radius 2 is 1.95 bits per heavy atom. The van der Waals surface area contributed by atoms with Crippen molar-refractivity contribution in [1.82, 2.24) is 0 Å². The molecule has 0 atom stereocenters. The van der Waals surface area contributed by atoms with Gasteiger partial charge in [-0.05, 0) is 49.7 Å². The minimum absolute atomic E-state index is 0.0465. The van der Waals surface area contributed by atoms with Crippen molar-refractivity contribution in [1.29, 1.82) is 0 Å². The normalized spacial score (nSPS) is 10.3. The molecule has 2 N–H and O–H groups in total. The highest BCUT2D eigenvalue weighted by Gasteiger charge is 2.18. The third kappa shape index (κ3) is 3.02. The lowest BCUT2D eigenvalue weighted by Crippen LogP contribution is -2.31. The highest BCUT2D eigenvalue weighted by Crippen LogP contribution is 2.25. The van der Waals surface area contributed by atoms with Crippen LogP contribution >= 0.6 is 15.9 Å². The van der Waals surface area contributed by atoms with Gasteiger partial charge in [0.05, 0.1) is 11.4 Å². The Morgan fingerprint density at radius 1 is 1.25 bits per heavy atom. The van der Waals surface area contributed by atoms with E-state index in [-0.39, 0.29) is 5.91 Å². The Kier molecular flexibility index (Phi) is 4.45. The van der Waals surface area contributed by atoms with Gasteiger partial charge in [0.25, 0.3) is 5.91 Å². The Labute approximate surface area is 127 Å². The van der Waals surface area contributed by atoms with E-state index in [2.05, 4.69) is 15.9 Å². The molecule has 104 valence electrons. The summed E-state index contributed by atoms with van der Waals surface area (Å²) in [7, 11) is 0. The minimum atomic E-state index is -0.0465. The summed E-state index contributed by atoms with van der Waals surface area (Å²) in [5.41, 5.74) is 9.02. The monoisotopic (exact) mass is 332 g/mol. The fourth-order valence-electron chi connectivity index (χ4n) is 2.17. The first kappa shape index (κ1) is 14.6. The molecule has 0 saturated carbocycles. The molecular formula is C16H17BrN2O. The summed E-state index contributed by atoms with van der Waals surface area (Å²) in [4.78, 5) is 14.4. The molecule has 4 heteroatoms. The van der Waals surface area contributed by atoms with Crippen LogP contribution < -0.4 is 10.6 Å². The third-order valence-electron chi connectivity index (χ3n) is 3.08. The molecule has 2 rings (SSSR count). The summed E-state index contributed by atoms with van der Waals surface area (Å²) < 4.78 is 0.901. The van der Waals surface area contributed by atoms with Crippen LogP contribution in [-0.2, 0) is 0 Å². The smallest absolute Gasteiger partial charge is 0.258 e. The van der Waals surface area contributed by atoms with Gasteiger partial charge in [-0.2, -0.15) is 0 Å². The lowest BCUT2D eigenvalue weighted by Gasteiger charge is -2.23. The van der Waals surface area contributed by atoms with Gasteiger partial charge in [-0.3, -0.25) is 4.79 Å². The molecule has 0 unspecified atom stereocenters. The van der Waals surface area contributed by atoms with Crippen LogP contribution in [0.3, 0.4) is 0 Å². The van der Waals surface area contributed by atoms with Crippen molar-refractivity contribution in [3.63, 3.8) is 0 Å². The summed E-state index contributed by atoms with van der Waals surface area (Å²) in [6.45, 7) is 4.47. The third-order valence-corrected chi connectivity index (χ3v) is 3.54. The molecule has 0 aliphatic carbocycles. The Balaban J connectivity index is 2.42. The molecule has 0 heterocycles. The van der Waals surface area contributed by atoms with Crippen LogP contribution in [0.25, 0.3) is 0 Å². The standard InChI is InChI=1S/C16H17BrN2O/c1-3-19(15-7-5-4-6-14(15)18)16(20)12-8-11(2)9-13(17)10-12/h4-10H,3,18H2,1-2H3. The number of para-hydroxylation sites is 2. The van der Waals surface area contributed by atoms with E-state index in [0.29, 0.717) is 17.8 Å². The number of hydrogen-bond donors (Lipinski definition) is 1. The summed E-state index contributed by atoms with van der Waals surface area (Å²) in [6, 6.07) is 13.1. The molecule has 1 amide bonds. The summed E-state index contributed by atoms with van der Waals surface area (Å²) >= 11 is 3.43. The maximum Gasteiger partial charge on any atom is 0.258 e. The number of hydrogen-bond acceptors (Lipinski definition) is 2. The van der Waals surface area contributed by atoms with Crippen molar-refractivity contribution < 1.29 is 4.79 Å². The minimum Gasteiger partial charge on any atom is -0.397 e. The van der Waals surface area contributed by atoms with Crippen molar-refractivity contribution in [2.24, 2.45) is 0 Å². The molecule has 2 aromatic rings. The van der Waals surface area contributed by atoms with Gasteiger partial charge < -0.3 is 10.6 Å². The van der Waals surface area contributed by atoms with E-state index in [1.54, 1.807) is 11.0 Å². The van der Waals surface area contributed by atoms with Gasteiger partial charge in [-0.25, -0.2) is 0 Å². The van der Waals surface area contributed by atoms with E-state index in [0.717, 1.165) is 15.7 Å². The number of benzene rings is 2. The largest absolute Gasteiger partial charge is 0.397 e. The predicted octanol–water partition coefficient (Wildman–Crippen LogP) is 4.01. The fraction of sp³-hybridized carbons (Fsp3) is 0.188. The number of aryl methyl sites for hydroxylation is 1. The molecule has 0 aliphatic heterocycles. The predicted molar refractivity (Wildman–Crippen MR) is 87.1 cm³/mol. The van der Waals surface area contributed by atoms with Gasteiger partial charge in [0.2, 0.25) is 0 Å². The molecular weight excluding hydrogens is 316 g/mol. The van der Waals surface area contributed by atoms with Crippen LogP contribution in [0.2, 0.25) is 0 Å². The van der Waals surface area contributed by atoms with Crippen LogP contribution in [0.4, 0.5) is 11.4 Å². The number of nitrogens with two attached hydrogens (primary N) is 1. The van der Waals surface area contributed by atoms with Crippen LogP contribution in [0.1, 0.15) is 22.8 Å². The first-order valence-electron chi connectivity index (χ1n) is 6.46. The van der Waals surface area contributed by atoms with E-state index in [4.69, 9.17) is 5.73 Å². The second-order valence-electron chi connectivity index (χ2n) is 4.63. The Hall–Kier alpha value is -1.81. The molecule has 0 bridgehead atoms. The molecule has 2 aromatic carbocycles. The number of carbonyl (C=O) groups is 1. The van der Waals surface area contributed by atoms with E-state index < -0.39 is 0 Å². The zero-order valence-corrected chi connectivity index (χ0v) is 13.1. The molecule has 0 aliphatic rings. The van der Waals surface area contributed by atoms with Crippen LogP contribution in [-0.4, -0.2) is 12.5 Å². The highest BCUT2D eigenvalue weighted by atomic mass is 79.9. The average molecular weight is 333 g/mol. The number of rotatable bonds is 3. The number of nitrogens with zero attached hydrogens (tertiary/aromatic N) is 1. The Bertz CT molecular complexity index is 620. The lowest BCUT2D eigenvalue weighted by atomic mass is 10.1. The van der Waals surface area contributed by atoms with Gasteiger partial charge in [0.1, 0.15) is 0 Å². The number of anilines is 2. The second-order valence-corrected chi connectivity index (χ2v) is 5.54. The van der Waals surface area contributed by atoms with Crippen molar-refractivity contribution in [2.75, 3.05) is 17.2 Å². The van der Waals surface area contributed by atoms with E-state index in [1.165, 1.54) is 0 Å². The second kappa shape index (κ2) is 6.09. The van der Waals surface area contributed by atoms with E-state index in [1.807, 2.05) is 50.2 Å². The SMILES string of the molecule is CCN(C(=O)c1cc(C)cc(Br)c1)c1ccccc1N. The quantitative estimate of drug-likeness (QED) is 0.863. The molecule has 0 aromatic heterocycles. The van der Waals surface area contributed by atoms with E-state index in [9.17, 15) is 4.79 Å². The van der Waals surface area contributed by atoms with Gasteiger partial charge in [-0.1, -0.05) is 28.1 Å². The molecule has 0 radical (unpaired) electrons. The highest BCUT2D eigenvalue weighted by molar-refractivity contribution is 9.10. The number of nitrogen functional groups attached to an aromatic ring is 1. The fourth-order valence-corrected chi connectivity index (χ4v) is 2.78. The summed E-state index contributed by atoms with van der Waals surface area (Å²) in [5, 5.41) is 0. The molecule has 0 saturated heterocycles. The topological polar surface area (TPSA) is 46.3 Å².